The lowest BCUT2D eigenvalue weighted by Gasteiger charge is -2.39. The highest BCUT2D eigenvalue weighted by Gasteiger charge is 2.29. The van der Waals surface area contributed by atoms with E-state index in [4.69, 9.17) is 0 Å². The summed E-state index contributed by atoms with van der Waals surface area (Å²) in [5.74, 6) is 0. The third-order valence-corrected chi connectivity index (χ3v) is 4.69. The Balaban J connectivity index is 1.44. The van der Waals surface area contributed by atoms with Crippen molar-refractivity contribution in [3.05, 3.63) is 53.5 Å². The molecule has 0 amide bonds. The van der Waals surface area contributed by atoms with E-state index in [-0.39, 0.29) is 0 Å². The lowest BCUT2D eigenvalue weighted by atomic mass is 10.1. The van der Waals surface area contributed by atoms with E-state index in [0.29, 0.717) is 6.04 Å². The molecule has 0 aliphatic carbocycles. The van der Waals surface area contributed by atoms with Crippen molar-refractivity contribution in [2.75, 3.05) is 13.1 Å². The van der Waals surface area contributed by atoms with Crippen molar-refractivity contribution in [1.29, 1.82) is 0 Å². The molecule has 0 saturated carbocycles. The average Bonchev–Trinajstić information content (AvgIpc) is 2.97. The van der Waals surface area contributed by atoms with Gasteiger partial charge in [-0.15, -0.1) is 0 Å². The van der Waals surface area contributed by atoms with E-state index >= 15 is 0 Å². The third kappa shape index (κ3) is 2.24. The number of rotatable bonds is 3. The summed E-state index contributed by atoms with van der Waals surface area (Å²) in [6, 6.07) is 11.6. The number of aryl methyl sites for hydroxylation is 3. The second-order valence-corrected chi connectivity index (χ2v) is 6.54. The lowest BCUT2D eigenvalue weighted by molar-refractivity contribution is 0.0894. The fraction of sp³-hybridized carbons (Fsp3) is 0.389. The van der Waals surface area contributed by atoms with Gasteiger partial charge in [0.05, 0.1) is 11.7 Å². The summed E-state index contributed by atoms with van der Waals surface area (Å²) in [7, 11) is 2.11. The normalized spacial score (nSPS) is 16.3. The third-order valence-electron chi connectivity index (χ3n) is 4.69. The SMILES string of the molecule is Cc1cc(C)n(C2CN(Cc3ccc4ccn(C)c4c3)C2)n1. The number of benzene rings is 1. The second kappa shape index (κ2) is 4.99. The fourth-order valence-corrected chi connectivity index (χ4v) is 3.51. The van der Waals surface area contributed by atoms with Crippen LogP contribution in [0, 0.1) is 13.8 Å². The zero-order chi connectivity index (χ0) is 15.3. The van der Waals surface area contributed by atoms with E-state index in [0.717, 1.165) is 25.3 Å². The lowest BCUT2D eigenvalue weighted by Crippen LogP contribution is -2.47. The summed E-state index contributed by atoms with van der Waals surface area (Å²) in [6.45, 7) is 7.41. The van der Waals surface area contributed by atoms with E-state index in [1.807, 2.05) is 0 Å². The number of aromatic nitrogens is 3. The first-order chi connectivity index (χ1) is 10.6. The molecule has 2 aromatic heterocycles. The molecule has 22 heavy (non-hydrogen) atoms. The molecule has 1 aromatic carbocycles. The summed E-state index contributed by atoms with van der Waals surface area (Å²) < 4.78 is 4.37. The van der Waals surface area contributed by atoms with Crippen LogP contribution < -0.4 is 0 Å². The first kappa shape index (κ1) is 13.6. The van der Waals surface area contributed by atoms with Crippen LogP contribution in [0.3, 0.4) is 0 Å². The van der Waals surface area contributed by atoms with Gasteiger partial charge in [-0.1, -0.05) is 12.1 Å². The highest BCUT2D eigenvalue weighted by molar-refractivity contribution is 5.80. The van der Waals surface area contributed by atoms with Crippen molar-refractivity contribution in [1.82, 2.24) is 19.2 Å². The minimum atomic E-state index is 0.535. The molecule has 1 saturated heterocycles. The molecule has 0 unspecified atom stereocenters. The molecule has 4 heteroatoms. The van der Waals surface area contributed by atoms with Crippen LogP contribution >= 0.6 is 0 Å². The van der Waals surface area contributed by atoms with Crippen LogP contribution in [0.5, 0.6) is 0 Å². The molecule has 1 aliphatic heterocycles. The molecule has 114 valence electrons. The number of hydrogen-bond acceptors (Lipinski definition) is 2. The van der Waals surface area contributed by atoms with Gasteiger partial charge in [0.25, 0.3) is 0 Å². The van der Waals surface area contributed by atoms with Crippen molar-refractivity contribution in [3.63, 3.8) is 0 Å². The highest BCUT2D eigenvalue weighted by Crippen LogP contribution is 2.25. The summed E-state index contributed by atoms with van der Waals surface area (Å²) in [5, 5.41) is 5.92. The standard InChI is InChI=1S/C18H22N4/c1-13-8-14(2)22(19-13)17-11-21(12-17)10-15-4-5-16-6-7-20(3)18(16)9-15/h4-9,17H,10-12H2,1-3H3. The van der Waals surface area contributed by atoms with Crippen LogP contribution in [0.2, 0.25) is 0 Å². The Kier molecular flexibility index (Phi) is 3.08. The minimum absolute atomic E-state index is 0.535. The van der Waals surface area contributed by atoms with Crippen molar-refractivity contribution in [2.45, 2.75) is 26.4 Å². The van der Waals surface area contributed by atoms with E-state index in [1.54, 1.807) is 0 Å². The second-order valence-electron chi connectivity index (χ2n) is 6.54. The summed E-state index contributed by atoms with van der Waals surface area (Å²) >= 11 is 0. The van der Waals surface area contributed by atoms with Gasteiger partial charge in [0.2, 0.25) is 0 Å². The smallest absolute Gasteiger partial charge is 0.0776 e. The van der Waals surface area contributed by atoms with Gasteiger partial charge in [-0.3, -0.25) is 9.58 Å². The Bertz CT molecular complexity index is 821. The molecule has 4 nitrogen and oxygen atoms in total. The van der Waals surface area contributed by atoms with E-state index in [1.165, 1.54) is 22.2 Å². The molecule has 0 N–H and O–H groups in total. The zero-order valence-electron chi connectivity index (χ0n) is 13.5. The van der Waals surface area contributed by atoms with Crippen LogP contribution in [0.1, 0.15) is 23.0 Å². The maximum Gasteiger partial charge on any atom is 0.0776 e. The molecule has 1 aliphatic rings. The number of hydrogen-bond donors (Lipinski definition) is 0. The number of nitrogens with zero attached hydrogens (tertiary/aromatic N) is 4. The van der Waals surface area contributed by atoms with E-state index < -0.39 is 0 Å². The molecular formula is C18H22N4. The summed E-state index contributed by atoms with van der Waals surface area (Å²) in [5.41, 5.74) is 5.09. The molecular weight excluding hydrogens is 272 g/mol. The predicted octanol–water partition coefficient (Wildman–Crippen LogP) is 3.05. The maximum atomic E-state index is 4.61. The zero-order valence-corrected chi connectivity index (χ0v) is 13.5. The molecule has 3 aromatic rings. The molecule has 1 fully saturated rings. The monoisotopic (exact) mass is 294 g/mol. The van der Waals surface area contributed by atoms with Gasteiger partial charge in [-0.2, -0.15) is 5.10 Å². The topological polar surface area (TPSA) is 26.0 Å². The molecule has 3 heterocycles. The van der Waals surface area contributed by atoms with Gasteiger partial charge >= 0.3 is 0 Å². The van der Waals surface area contributed by atoms with Crippen LogP contribution in [0.4, 0.5) is 0 Å². The van der Waals surface area contributed by atoms with Crippen LogP contribution in [0.15, 0.2) is 36.5 Å². The molecule has 4 rings (SSSR count). The van der Waals surface area contributed by atoms with Crippen molar-refractivity contribution >= 4 is 10.9 Å². The molecule has 0 radical (unpaired) electrons. The Morgan fingerprint density at radius 3 is 2.68 bits per heavy atom. The van der Waals surface area contributed by atoms with Gasteiger partial charge in [0.1, 0.15) is 0 Å². The predicted molar refractivity (Wildman–Crippen MR) is 88.9 cm³/mol. The highest BCUT2D eigenvalue weighted by atomic mass is 15.4. The number of fused-ring (bicyclic) bond motifs is 1. The van der Waals surface area contributed by atoms with Gasteiger partial charge in [-0.05, 0) is 43.0 Å². The average molecular weight is 294 g/mol. The first-order valence-corrected chi connectivity index (χ1v) is 7.89. The van der Waals surface area contributed by atoms with E-state index in [2.05, 4.69) is 76.7 Å². The van der Waals surface area contributed by atoms with Crippen molar-refractivity contribution < 1.29 is 0 Å². The maximum absolute atomic E-state index is 4.61. The first-order valence-electron chi connectivity index (χ1n) is 7.89. The van der Waals surface area contributed by atoms with Crippen LogP contribution in [0.25, 0.3) is 10.9 Å². The van der Waals surface area contributed by atoms with Crippen LogP contribution in [-0.4, -0.2) is 32.3 Å². The number of likely N-dealkylation sites (tertiary alicyclic amines) is 1. The largest absolute Gasteiger partial charge is 0.351 e. The van der Waals surface area contributed by atoms with Gasteiger partial charge in [0, 0.05) is 44.1 Å². The fourth-order valence-electron chi connectivity index (χ4n) is 3.51. The minimum Gasteiger partial charge on any atom is -0.351 e. The Morgan fingerprint density at radius 2 is 1.95 bits per heavy atom. The molecule has 0 bridgehead atoms. The van der Waals surface area contributed by atoms with Crippen molar-refractivity contribution in [3.8, 4) is 0 Å². The van der Waals surface area contributed by atoms with Gasteiger partial charge in [0.15, 0.2) is 0 Å². The summed E-state index contributed by atoms with van der Waals surface area (Å²) in [4.78, 5) is 2.49. The Hall–Kier alpha value is -2.07. The van der Waals surface area contributed by atoms with Gasteiger partial charge < -0.3 is 4.57 Å². The Morgan fingerprint density at radius 1 is 1.14 bits per heavy atom. The van der Waals surface area contributed by atoms with Crippen molar-refractivity contribution in [2.24, 2.45) is 7.05 Å². The quantitative estimate of drug-likeness (QED) is 0.742. The van der Waals surface area contributed by atoms with Crippen LogP contribution in [-0.2, 0) is 13.6 Å². The van der Waals surface area contributed by atoms with E-state index in [9.17, 15) is 0 Å². The summed E-state index contributed by atoms with van der Waals surface area (Å²) in [6.07, 6.45) is 2.12. The molecule has 0 spiro atoms. The van der Waals surface area contributed by atoms with Gasteiger partial charge in [-0.25, -0.2) is 0 Å². The molecule has 0 atom stereocenters. The Labute approximate surface area is 131 Å².